The molecule has 10 heteroatoms. The summed E-state index contributed by atoms with van der Waals surface area (Å²) >= 11 is 0. The zero-order valence-electron chi connectivity index (χ0n) is 24.9. The largest absolute Gasteiger partial charge is 0.494 e. The topological polar surface area (TPSA) is 129 Å². The molecular formula is C33H43N5O5. The molecule has 5 rings (SSSR count). The molecule has 4 bridgehead atoms. The number of fused-ring (bicyclic) bond motifs is 4. The van der Waals surface area contributed by atoms with E-state index in [2.05, 4.69) is 21.3 Å². The van der Waals surface area contributed by atoms with E-state index in [0.29, 0.717) is 44.9 Å². The Bertz CT molecular complexity index is 1300. The summed E-state index contributed by atoms with van der Waals surface area (Å²) in [7, 11) is 0. The van der Waals surface area contributed by atoms with E-state index in [9.17, 15) is 19.2 Å². The normalized spacial score (nSPS) is 25.2. The van der Waals surface area contributed by atoms with Crippen LogP contribution in [-0.2, 0) is 32.1 Å². The summed E-state index contributed by atoms with van der Waals surface area (Å²) in [5, 5.41) is 11.7. The molecule has 4 atom stereocenters. The van der Waals surface area contributed by atoms with Crippen LogP contribution in [0.15, 0.2) is 48.5 Å². The molecule has 2 unspecified atom stereocenters. The van der Waals surface area contributed by atoms with Crippen LogP contribution in [0.2, 0.25) is 0 Å². The van der Waals surface area contributed by atoms with Crippen molar-refractivity contribution in [1.29, 1.82) is 0 Å². The Labute approximate surface area is 253 Å². The number of piperidine rings is 1. The van der Waals surface area contributed by atoms with Crippen molar-refractivity contribution in [3.05, 3.63) is 65.2 Å². The van der Waals surface area contributed by atoms with Gasteiger partial charge in [-0.2, -0.15) is 0 Å². The number of nitrogens with zero attached hydrogens (tertiary/aromatic N) is 1. The predicted molar refractivity (Wildman–Crippen MR) is 162 cm³/mol. The van der Waals surface area contributed by atoms with Crippen LogP contribution in [0.1, 0.15) is 55.2 Å². The molecular weight excluding hydrogens is 546 g/mol. The van der Waals surface area contributed by atoms with Crippen molar-refractivity contribution in [2.75, 3.05) is 26.2 Å². The number of amides is 4. The third-order valence-corrected chi connectivity index (χ3v) is 8.79. The van der Waals surface area contributed by atoms with Gasteiger partial charge in [-0.3, -0.25) is 19.2 Å². The highest BCUT2D eigenvalue weighted by Gasteiger charge is 2.34. The Kier molecular flexibility index (Phi) is 10.3. The fraction of sp³-hybridized carbons (Fsp3) is 0.515. The summed E-state index contributed by atoms with van der Waals surface area (Å²) < 4.78 is 6.09. The Hall–Kier alpha value is -3.92. The second kappa shape index (κ2) is 14.5. The number of benzene rings is 2. The fourth-order valence-corrected chi connectivity index (χ4v) is 5.90. The highest BCUT2D eigenvalue weighted by atomic mass is 16.5. The predicted octanol–water partition coefficient (Wildman–Crippen LogP) is 1.99. The van der Waals surface area contributed by atoms with Crippen LogP contribution in [0.5, 0.6) is 5.75 Å². The van der Waals surface area contributed by atoms with Gasteiger partial charge in [-0.05, 0) is 86.7 Å². The minimum absolute atomic E-state index is 0.162. The van der Waals surface area contributed by atoms with Crippen molar-refractivity contribution >= 4 is 23.6 Å². The molecule has 2 fully saturated rings. The molecule has 3 heterocycles. The van der Waals surface area contributed by atoms with Crippen molar-refractivity contribution in [3.63, 3.8) is 0 Å². The van der Waals surface area contributed by atoms with Gasteiger partial charge in [0.1, 0.15) is 17.8 Å². The van der Waals surface area contributed by atoms with Gasteiger partial charge in [0.2, 0.25) is 23.6 Å². The summed E-state index contributed by atoms with van der Waals surface area (Å²) in [6.07, 6.45) is 4.13. The fourth-order valence-electron chi connectivity index (χ4n) is 5.90. The summed E-state index contributed by atoms with van der Waals surface area (Å²) in [5.74, 6) is -0.308. The monoisotopic (exact) mass is 589 g/mol. The molecule has 3 aliphatic rings. The lowest BCUT2D eigenvalue weighted by Crippen LogP contribution is -2.60. The average Bonchev–Trinajstić information content (AvgIpc) is 2.98. The third kappa shape index (κ3) is 8.34. The molecule has 10 nitrogen and oxygen atoms in total. The van der Waals surface area contributed by atoms with Crippen molar-refractivity contribution in [2.45, 2.75) is 76.5 Å². The first-order valence-corrected chi connectivity index (χ1v) is 15.5. The van der Waals surface area contributed by atoms with Gasteiger partial charge >= 0.3 is 0 Å². The molecule has 0 spiro atoms. The summed E-state index contributed by atoms with van der Waals surface area (Å²) in [4.78, 5) is 55.5. The highest BCUT2D eigenvalue weighted by Crippen LogP contribution is 2.23. The van der Waals surface area contributed by atoms with Gasteiger partial charge in [0, 0.05) is 19.6 Å². The summed E-state index contributed by atoms with van der Waals surface area (Å²) in [6.45, 7) is 4.74. The van der Waals surface area contributed by atoms with Gasteiger partial charge in [-0.15, -0.1) is 0 Å². The lowest BCUT2D eigenvalue weighted by Gasteiger charge is -2.34. The van der Waals surface area contributed by atoms with Crippen LogP contribution in [0.3, 0.4) is 0 Å². The van der Waals surface area contributed by atoms with Crippen molar-refractivity contribution in [1.82, 2.24) is 26.2 Å². The first kappa shape index (κ1) is 30.5. The second-order valence-corrected chi connectivity index (χ2v) is 11.9. The third-order valence-electron chi connectivity index (χ3n) is 8.79. The Morgan fingerprint density at radius 2 is 1.86 bits per heavy atom. The van der Waals surface area contributed by atoms with E-state index in [1.54, 1.807) is 4.90 Å². The van der Waals surface area contributed by atoms with E-state index in [-0.39, 0.29) is 36.7 Å². The second-order valence-electron chi connectivity index (χ2n) is 11.9. The standard InChI is InChI=1S/C33H43N5O5/c1-22-9-11-26-18-25(22)20-35-31(40)28(12-10-23-6-3-2-4-7-23)36-33(42)29(37-32(41)27-13-15-34-27)19-30(39)38-16-5-8-24(21-38)14-17-43-26/h2-4,6-7,9,11,18,24,27-29,34H,5,8,10,12-17,19-21H2,1H3,(H,35,40)(H,36,42)(H,37,41)/t24?,27?,28-,29-/m0/s1. The molecule has 4 N–H and O–H groups in total. The maximum atomic E-state index is 13.7. The summed E-state index contributed by atoms with van der Waals surface area (Å²) in [5.41, 5.74) is 3.01. The van der Waals surface area contributed by atoms with Crippen LogP contribution in [0.25, 0.3) is 0 Å². The number of hydrogen-bond acceptors (Lipinski definition) is 6. The molecule has 2 saturated heterocycles. The Morgan fingerprint density at radius 3 is 2.63 bits per heavy atom. The lowest BCUT2D eigenvalue weighted by atomic mass is 9.94. The Morgan fingerprint density at radius 1 is 1.05 bits per heavy atom. The zero-order chi connectivity index (χ0) is 30.2. The molecule has 2 aromatic carbocycles. The minimum atomic E-state index is -1.09. The summed E-state index contributed by atoms with van der Waals surface area (Å²) in [6, 6.07) is 13.3. The molecule has 4 amide bonds. The van der Waals surface area contributed by atoms with Gasteiger partial charge in [-0.25, -0.2) is 0 Å². The van der Waals surface area contributed by atoms with Crippen molar-refractivity contribution in [2.24, 2.45) is 5.92 Å². The van der Waals surface area contributed by atoms with Gasteiger partial charge in [-0.1, -0.05) is 36.4 Å². The van der Waals surface area contributed by atoms with E-state index in [4.69, 9.17) is 4.74 Å². The quantitative estimate of drug-likeness (QED) is 0.422. The van der Waals surface area contributed by atoms with Gasteiger partial charge in [0.05, 0.1) is 19.1 Å². The van der Waals surface area contributed by atoms with E-state index < -0.39 is 18.0 Å². The average molecular weight is 590 g/mol. The van der Waals surface area contributed by atoms with Gasteiger partial charge < -0.3 is 30.9 Å². The molecule has 0 aromatic heterocycles. The van der Waals surface area contributed by atoms with Crippen LogP contribution in [0, 0.1) is 12.8 Å². The van der Waals surface area contributed by atoms with Crippen LogP contribution in [-0.4, -0.2) is 72.9 Å². The Balaban J connectivity index is 1.39. The SMILES string of the molecule is Cc1ccc2cc1CNC(=O)[C@H](CCc1ccccc1)NC(=O)[C@@H](NC(=O)C1CCN1)CC(=O)N1CCCC(CCO2)C1. The molecule has 0 saturated carbocycles. The van der Waals surface area contributed by atoms with E-state index in [1.807, 2.05) is 55.5 Å². The zero-order valence-corrected chi connectivity index (χ0v) is 24.9. The number of nitrogens with one attached hydrogen (secondary N) is 4. The van der Waals surface area contributed by atoms with Crippen LogP contribution in [0.4, 0.5) is 0 Å². The molecule has 2 aromatic rings. The molecule has 3 aliphatic heterocycles. The first-order chi connectivity index (χ1) is 20.9. The molecule has 0 radical (unpaired) electrons. The van der Waals surface area contributed by atoms with Crippen LogP contribution >= 0.6 is 0 Å². The van der Waals surface area contributed by atoms with Crippen molar-refractivity contribution in [3.8, 4) is 5.75 Å². The molecule has 230 valence electrons. The number of hydrogen-bond donors (Lipinski definition) is 4. The number of carbonyl (C=O) groups is 4. The smallest absolute Gasteiger partial charge is 0.243 e. The van der Waals surface area contributed by atoms with Crippen LogP contribution < -0.4 is 26.0 Å². The molecule has 0 aliphatic carbocycles. The van der Waals surface area contributed by atoms with E-state index >= 15 is 0 Å². The maximum absolute atomic E-state index is 13.7. The molecule has 43 heavy (non-hydrogen) atoms. The van der Waals surface area contributed by atoms with Crippen molar-refractivity contribution < 1.29 is 23.9 Å². The maximum Gasteiger partial charge on any atom is 0.243 e. The first-order valence-electron chi connectivity index (χ1n) is 15.5. The van der Waals surface area contributed by atoms with E-state index in [1.165, 1.54) is 0 Å². The van der Waals surface area contributed by atoms with E-state index in [0.717, 1.165) is 48.2 Å². The number of rotatable bonds is 5. The number of aryl methyl sites for hydroxylation is 2. The number of carbonyl (C=O) groups excluding carboxylic acids is 4. The van der Waals surface area contributed by atoms with Gasteiger partial charge in [0.25, 0.3) is 0 Å². The number of ether oxygens (including phenoxy) is 1. The van der Waals surface area contributed by atoms with Gasteiger partial charge in [0.15, 0.2) is 0 Å². The minimum Gasteiger partial charge on any atom is -0.494 e. The highest BCUT2D eigenvalue weighted by molar-refractivity contribution is 5.96. The lowest BCUT2D eigenvalue weighted by molar-refractivity contribution is -0.138.